The number of imide groups is 1. The molecule has 2 N–H and O–H groups in total. The number of benzene rings is 1. The van der Waals surface area contributed by atoms with Crippen molar-refractivity contribution < 1.29 is 14.4 Å². The highest BCUT2D eigenvalue weighted by atomic mass is 16.2. The van der Waals surface area contributed by atoms with E-state index >= 15 is 0 Å². The Hall–Kier alpha value is -4.01. The second kappa shape index (κ2) is 8.50. The van der Waals surface area contributed by atoms with Crippen LogP contribution in [0.5, 0.6) is 0 Å². The van der Waals surface area contributed by atoms with E-state index in [2.05, 4.69) is 20.7 Å². The quantitative estimate of drug-likeness (QED) is 0.566. The van der Waals surface area contributed by atoms with Crippen LogP contribution >= 0.6 is 0 Å². The van der Waals surface area contributed by atoms with E-state index in [1.54, 1.807) is 37.8 Å². The Morgan fingerprint density at radius 2 is 1.88 bits per heavy atom. The van der Waals surface area contributed by atoms with Crippen molar-refractivity contribution in [3.05, 3.63) is 60.6 Å². The van der Waals surface area contributed by atoms with E-state index in [1.807, 2.05) is 49.6 Å². The minimum Gasteiger partial charge on any atom is -0.350 e. The number of hydrogen-bond acceptors (Lipinski definition) is 5. The molecule has 2 aromatic heterocycles. The third-order valence-corrected chi connectivity index (χ3v) is 5.65. The molecule has 3 heterocycles. The summed E-state index contributed by atoms with van der Waals surface area (Å²) in [6, 6.07) is 10.1. The van der Waals surface area contributed by atoms with Gasteiger partial charge in [0.25, 0.3) is 5.91 Å². The predicted molar refractivity (Wildman–Crippen MR) is 123 cm³/mol. The van der Waals surface area contributed by atoms with Crippen LogP contribution in [0.15, 0.2) is 55.0 Å². The number of urea groups is 1. The van der Waals surface area contributed by atoms with Crippen LogP contribution in [-0.2, 0) is 23.2 Å². The van der Waals surface area contributed by atoms with Crippen molar-refractivity contribution in [3.63, 3.8) is 0 Å². The molecule has 0 radical (unpaired) electrons. The number of amides is 4. The van der Waals surface area contributed by atoms with Gasteiger partial charge in [0.15, 0.2) is 0 Å². The van der Waals surface area contributed by atoms with Crippen LogP contribution in [0.25, 0.3) is 22.4 Å². The van der Waals surface area contributed by atoms with E-state index in [9.17, 15) is 14.4 Å². The first kappa shape index (κ1) is 22.2. The normalized spacial score (nSPS) is 15.9. The van der Waals surface area contributed by atoms with Crippen LogP contribution in [-0.4, -0.2) is 49.1 Å². The largest absolute Gasteiger partial charge is 0.350 e. The number of nitrogens with zero attached hydrogens (tertiary/aromatic N) is 4. The lowest BCUT2D eigenvalue weighted by Crippen LogP contribution is -2.49. The van der Waals surface area contributed by atoms with Crippen LogP contribution in [0.1, 0.15) is 26.3 Å². The first-order valence-corrected chi connectivity index (χ1v) is 10.6. The summed E-state index contributed by atoms with van der Waals surface area (Å²) in [5.74, 6) is -0.826. The topological polar surface area (TPSA) is 109 Å². The molecule has 1 atom stereocenters. The number of carbonyl (C=O) groups is 3. The predicted octanol–water partition coefficient (Wildman–Crippen LogP) is 2.48. The first-order valence-electron chi connectivity index (χ1n) is 10.6. The number of aryl methyl sites for hydroxylation is 1. The lowest BCUT2D eigenvalue weighted by atomic mass is 10.0. The van der Waals surface area contributed by atoms with Crippen LogP contribution in [0, 0.1) is 0 Å². The van der Waals surface area contributed by atoms with Crippen molar-refractivity contribution in [1.29, 1.82) is 0 Å². The molecule has 4 rings (SSSR count). The molecule has 1 fully saturated rings. The Morgan fingerprint density at radius 3 is 2.55 bits per heavy atom. The summed E-state index contributed by atoms with van der Waals surface area (Å²) >= 11 is 0. The zero-order valence-corrected chi connectivity index (χ0v) is 19.0. The van der Waals surface area contributed by atoms with E-state index < -0.39 is 29.4 Å². The van der Waals surface area contributed by atoms with Crippen LogP contribution < -0.4 is 10.6 Å². The Morgan fingerprint density at radius 1 is 1.15 bits per heavy atom. The molecule has 3 aromatic rings. The summed E-state index contributed by atoms with van der Waals surface area (Å²) in [7, 11) is 1.87. The number of rotatable bonds is 6. The monoisotopic (exact) mass is 446 g/mol. The van der Waals surface area contributed by atoms with E-state index in [0.717, 1.165) is 32.8 Å². The Balaban J connectivity index is 1.50. The van der Waals surface area contributed by atoms with Crippen molar-refractivity contribution >= 4 is 17.8 Å². The molecule has 170 valence electrons. The van der Waals surface area contributed by atoms with Gasteiger partial charge in [-0.3, -0.25) is 19.3 Å². The van der Waals surface area contributed by atoms with Crippen molar-refractivity contribution in [2.45, 2.75) is 38.9 Å². The van der Waals surface area contributed by atoms with Crippen LogP contribution in [0.4, 0.5) is 4.79 Å². The molecule has 0 saturated carbocycles. The Bertz CT molecular complexity index is 1220. The molecule has 33 heavy (non-hydrogen) atoms. The van der Waals surface area contributed by atoms with Gasteiger partial charge in [-0.15, -0.1) is 0 Å². The molecule has 1 saturated heterocycles. The van der Waals surface area contributed by atoms with Gasteiger partial charge in [-0.2, -0.15) is 5.10 Å². The molecule has 0 spiro atoms. The maximum absolute atomic E-state index is 12.7. The maximum Gasteiger partial charge on any atom is 0.325 e. The van der Waals surface area contributed by atoms with E-state index in [0.29, 0.717) is 0 Å². The van der Waals surface area contributed by atoms with E-state index in [4.69, 9.17) is 0 Å². The lowest BCUT2D eigenvalue weighted by molar-refractivity contribution is -0.137. The minimum atomic E-state index is -1.02. The Labute approximate surface area is 191 Å². The highest BCUT2D eigenvalue weighted by molar-refractivity contribution is 6.09. The summed E-state index contributed by atoms with van der Waals surface area (Å²) in [5.41, 5.74) is 3.59. The first-order chi connectivity index (χ1) is 15.7. The summed E-state index contributed by atoms with van der Waals surface area (Å²) in [4.78, 5) is 42.4. The fraction of sp³-hybridized carbons (Fsp3) is 0.292. The average Bonchev–Trinajstić information content (AvgIpc) is 3.28. The summed E-state index contributed by atoms with van der Waals surface area (Å²) in [6.45, 7) is 5.02. The summed E-state index contributed by atoms with van der Waals surface area (Å²) in [6.07, 6.45) is 5.44. The summed E-state index contributed by atoms with van der Waals surface area (Å²) in [5, 5.41) is 10.0. The highest BCUT2D eigenvalue weighted by Gasteiger charge is 2.47. The van der Waals surface area contributed by atoms with Crippen molar-refractivity contribution in [1.82, 2.24) is 30.3 Å². The molecular weight excluding hydrogens is 420 g/mol. The SMILES string of the molecule is C[C@H](C(=O)NCc1cccc(-c2nn(C)cc2-c2ccncc2)c1)N1C(=O)NC(C)(C)C1=O. The zero-order chi connectivity index (χ0) is 23.8. The standard InChI is InChI=1S/C24H26N6O3/c1-15(30-22(32)24(2,3)27-23(30)33)21(31)26-13-16-6-5-7-18(12-16)20-19(14-29(4)28-20)17-8-10-25-11-9-17/h5-12,14-15H,13H2,1-4H3,(H,26,31)(H,27,33)/t15-/m1/s1. The summed E-state index contributed by atoms with van der Waals surface area (Å²) < 4.78 is 1.76. The molecular formula is C24H26N6O3. The molecule has 9 nitrogen and oxygen atoms in total. The molecule has 1 aromatic carbocycles. The average molecular weight is 447 g/mol. The number of carbonyl (C=O) groups excluding carboxylic acids is 3. The molecule has 9 heteroatoms. The molecule has 0 bridgehead atoms. The van der Waals surface area contributed by atoms with Gasteiger partial charge >= 0.3 is 6.03 Å². The Kier molecular flexibility index (Phi) is 5.71. The van der Waals surface area contributed by atoms with Gasteiger partial charge in [0, 0.05) is 43.3 Å². The van der Waals surface area contributed by atoms with Crippen molar-refractivity contribution in [2.24, 2.45) is 7.05 Å². The third kappa shape index (κ3) is 4.34. The van der Waals surface area contributed by atoms with Gasteiger partial charge in [0.2, 0.25) is 5.91 Å². The molecule has 4 amide bonds. The van der Waals surface area contributed by atoms with Crippen molar-refractivity contribution in [3.8, 4) is 22.4 Å². The van der Waals surface area contributed by atoms with Gasteiger partial charge in [-0.25, -0.2) is 9.69 Å². The van der Waals surface area contributed by atoms with Gasteiger partial charge in [-0.1, -0.05) is 18.2 Å². The van der Waals surface area contributed by atoms with Gasteiger partial charge in [-0.05, 0) is 50.1 Å². The number of pyridine rings is 1. The zero-order valence-electron chi connectivity index (χ0n) is 19.0. The molecule has 1 aliphatic rings. The number of nitrogens with one attached hydrogen (secondary N) is 2. The smallest absolute Gasteiger partial charge is 0.325 e. The molecule has 1 aliphatic heterocycles. The highest BCUT2D eigenvalue weighted by Crippen LogP contribution is 2.31. The third-order valence-electron chi connectivity index (χ3n) is 5.65. The minimum absolute atomic E-state index is 0.251. The second-order valence-corrected chi connectivity index (χ2v) is 8.63. The number of hydrogen-bond donors (Lipinski definition) is 2. The number of aromatic nitrogens is 3. The maximum atomic E-state index is 12.7. The van der Waals surface area contributed by atoms with Gasteiger partial charge in [0.05, 0.1) is 0 Å². The second-order valence-electron chi connectivity index (χ2n) is 8.63. The fourth-order valence-electron chi connectivity index (χ4n) is 3.85. The van der Waals surface area contributed by atoms with Crippen molar-refractivity contribution in [2.75, 3.05) is 0 Å². The molecule has 0 aliphatic carbocycles. The molecule has 0 unspecified atom stereocenters. The van der Waals surface area contributed by atoms with E-state index in [1.165, 1.54) is 0 Å². The van der Waals surface area contributed by atoms with Crippen LogP contribution in [0.3, 0.4) is 0 Å². The van der Waals surface area contributed by atoms with E-state index in [-0.39, 0.29) is 6.54 Å². The van der Waals surface area contributed by atoms with Crippen LogP contribution in [0.2, 0.25) is 0 Å². The van der Waals surface area contributed by atoms with Gasteiger partial charge < -0.3 is 10.6 Å². The lowest BCUT2D eigenvalue weighted by Gasteiger charge is -2.22. The fourth-order valence-corrected chi connectivity index (χ4v) is 3.85. The van der Waals surface area contributed by atoms with Gasteiger partial charge in [0.1, 0.15) is 17.3 Å².